The van der Waals surface area contributed by atoms with E-state index in [0.717, 1.165) is 0 Å². The number of rotatable bonds is 4. The second-order valence-corrected chi connectivity index (χ2v) is 3.55. The summed E-state index contributed by atoms with van der Waals surface area (Å²) in [4.78, 5) is 21.4. The molecule has 0 radical (unpaired) electrons. The average molecular weight is 253 g/mol. The van der Waals surface area contributed by atoms with Gasteiger partial charge in [0.05, 0.1) is 16.7 Å². The number of nitrogens with two attached hydrogens (primary N) is 1. The first-order chi connectivity index (χ1) is 8.61. The summed E-state index contributed by atoms with van der Waals surface area (Å²) < 4.78 is 10.3. The lowest BCUT2D eigenvalue weighted by atomic mass is 10.2. The molecule has 1 heterocycles. The number of nitrogens with zero attached hydrogens (tertiary/aromatic N) is 1. The molecule has 0 atom stereocenters. The predicted molar refractivity (Wildman–Crippen MR) is 61.8 cm³/mol. The maximum Gasteiger partial charge on any atom is 0.314 e. The maximum absolute atomic E-state index is 11.1. The zero-order valence-electron chi connectivity index (χ0n) is 9.34. The van der Waals surface area contributed by atoms with Crippen molar-refractivity contribution in [2.45, 2.75) is 0 Å². The minimum Gasteiger partial charge on any atom is -0.485 e. The molecular formula is C10H11N3O5. The number of nitro groups is 1. The van der Waals surface area contributed by atoms with E-state index >= 15 is 0 Å². The van der Waals surface area contributed by atoms with E-state index in [9.17, 15) is 14.9 Å². The van der Waals surface area contributed by atoms with Gasteiger partial charge in [-0.05, 0) is 0 Å². The number of benzene rings is 1. The van der Waals surface area contributed by atoms with Crippen LogP contribution in [-0.2, 0) is 4.79 Å². The Morgan fingerprint density at radius 3 is 3.00 bits per heavy atom. The standard InChI is InChI=1S/C10H11N3O5/c11-1-2-17-9-3-6-8(4-7(9)13(15)16)18-5-10(14)12-6/h3-4H,1-2,5,11H2,(H,12,14). The van der Waals surface area contributed by atoms with E-state index in [4.69, 9.17) is 15.2 Å². The molecule has 0 saturated carbocycles. The van der Waals surface area contributed by atoms with Crippen LogP contribution >= 0.6 is 0 Å². The fraction of sp³-hybridized carbons (Fsp3) is 0.300. The molecule has 18 heavy (non-hydrogen) atoms. The first-order valence-electron chi connectivity index (χ1n) is 5.19. The Morgan fingerprint density at radius 1 is 1.56 bits per heavy atom. The summed E-state index contributed by atoms with van der Waals surface area (Å²) in [5, 5.41) is 13.4. The van der Waals surface area contributed by atoms with Crippen LogP contribution in [0.1, 0.15) is 0 Å². The normalized spacial score (nSPS) is 13.3. The molecule has 8 nitrogen and oxygen atoms in total. The van der Waals surface area contributed by atoms with Gasteiger partial charge in [-0.1, -0.05) is 0 Å². The molecule has 96 valence electrons. The van der Waals surface area contributed by atoms with Crippen LogP contribution < -0.4 is 20.5 Å². The summed E-state index contributed by atoms with van der Waals surface area (Å²) in [5.41, 5.74) is 5.40. The first-order valence-corrected chi connectivity index (χ1v) is 5.19. The molecule has 0 saturated heterocycles. The smallest absolute Gasteiger partial charge is 0.314 e. The Hall–Kier alpha value is -2.35. The van der Waals surface area contributed by atoms with Crippen LogP contribution in [0.3, 0.4) is 0 Å². The lowest BCUT2D eigenvalue weighted by Gasteiger charge is -2.18. The van der Waals surface area contributed by atoms with Crippen LogP contribution in [0.2, 0.25) is 0 Å². The molecule has 1 amide bonds. The molecule has 3 N–H and O–H groups in total. The topological polar surface area (TPSA) is 117 Å². The van der Waals surface area contributed by atoms with Crippen LogP contribution in [-0.4, -0.2) is 30.6 Å². The molecule has 0 aliphatic carbocycles. The summed E-state index contributed by atoms with van der Waals surface area (Å²) >= 11 is 0. The van der Waals surface area contributed by atoms with Gasteiger partial charge in [-0.25, -0.2) is 0 Å². The highest BCUT2D eigenvalue weighted by atomic mass is 16.6. The van der Waals surface area contributed by atoms with Gasteiger partial charge in [-0.3, -0.25) is 14.9 Å². The van der Waals surface area contributed by atoms with E-state index in [1.807, 2.05) is 0 Å². The fourth-order valence-electron chi connectivity index (χ4n) is 1.52. The second-order valence-electron chi connectivity index (χ2n) is 3.55. The zero-order chi connectivity index (χ0) is 13.1. The highest BCUT2D eigenvalue weighted by molar-refractivity contribution is 5.96. The Morgan fingerprint density at radius 2 is 2.33 bits per heavy atom. The molecule has 0 unspecified atom stereocenters. The summed E-state index contributed by atoms with van der Waals surface area (Å²) in [5.74, 6) is -0.0162. The molecule has 1 aliphatic rings. The fourth-order valence-corrected chi connectivity index (χ4v) is 1.52. The van der Waals surface area contributed by atoms with Crippen LogP contribution in [0, 0.1) is 10.1 Å². The van der Waals surface area contributed by atoms with Crippen molar-refractivity contribution < 1.29 is 19.2 Å². The molecule has 1 aromatic rings. The third-order valence-corrected chi connectivity index (χ3v) is 2.27. The van der Waals surface area contributed by atoms with Crippen molar-refractivity contribution in [3.8, 4) is 11.5 Å². The number of carbonyl (C=O) groups is 1. The Bertz CT molecular complexity index is 503. The maximum atomic E-state index is 11.1. The lowest BCUT2D eigenvalue weighted by molar-refractivity contribution is -0.385. The number of hydrogen-bond donors (Lipinski definition) is 2. The molecule has 0 fully saturated rings. The summed E-state index contributed by atoms with van der Waals surface area (Å²) in [6.07, 6.45) is 0. The van der Waals surface area contributed by atoms with Gasteiger partial charge < -0.3 is 20.5 Å². The largest absolute Gasteiger partial charge is 0.485 e. The molecule has 2 rings (SSSR count). The number of ether oxygens (including phenoxy) is 2. The summed E-state index contributed by atoms with van der Waals surface area (Å²) in [7, 11) is 0. The van der Waals surface area contributed by atoms with Crippen molar-refractivity contribution >= 4 is 17.3 Å². The Labute approximate surface area is 102 Å². The first kappa shape index (κ1) is 12.1. The lowest BCUT2D eigenvalue weighted by Crippen LogP contribution is -2.25. The number of nitro benzene ring substituents is 1. The molecule has 1 aliphatic heterocycles. The highest BCUT2D eigenvalue weighted by Crippen LogP contribution is 2.39. The predicted octanol–water partition coefficient (Wildman–Crippen LogP) is 0.263. The van der Waals surface area contributed by atoms with Crippen molar-refractivity contribution in [2.24, 2.45) is 5.73 Å². The SMILES string of the molecule is NCCOc1cc2c(cc1[N+](=O)[O-])OCC(=O)N2. The molecule has 1 aromatic carbocycles. The summed E-state index contributed by atoms with van der Waals surface area (Å²) in [6.45, 7) is 0.221. The molecular weight excluding hydrogens is 242 g/mol. The van der Waals surface area contributed by atoms with Crippen LogP contribution in [0.25, 0.3) is 0 Å². The van der Waals surface area contributed by atoms with E-state index in [1.165, 1.54) is 12.1 Å². The van der Waals surface area contributed by atoms with E-state index in [-0.39, 0.29) is 42.9 Å². The van der Waals surface area contributed by atoms with E-state index in [1.54, 1.807) is 0 Å². The van der Waals surface area contributed by atoms with Crippen molar-refractivity contribution in [1.29, 1.82) is 0 Å². The van der Waals surface area contributed by atoms with Crippen LogP contribution in [0.4, 0.5) is 11.4 Å². The van der Waals surface area contributed by atoms with Crippen LogP contribution in [0.15, 0.2) is 12.1 Å². The van der Waals surface area contributed by atoms with Gasteiger partial charge in [0.25, 0.3) is 5.91 Å². The minimum absolute atomic E-state index is 0.0509. The molecule has 0 bridgehead atoms. The third-order valence-electron chi connectivity index (χ3n) is 2.27. The Balaban J connectivity index is 2.40. The van der Waals surface area contributed by atoms with Gasteiger partial charge in [0, 0.05) is 12.6 Å². The zero-order valence-corrected chi connectivity index (χ0v) is 9.34. The third kappa shape index (κ3) is 2.33. The van der Waals surface area contributed by atoms with Gasteiger partial charge in [0.1, 0.15) is 6.61 Å². The minimum atomic E-state index is -0.577. The van der Waals surface area contributed by atoms with Gasteiger partial charge in [0.2, 0.25) is 0 Å². The summed E-state index contributed by atoms with van der Waals surface area (Å²) in [6, 6.07) is 2.58. The Kier molecular flexibility index (Phi) is 3.28. The monoisotopic (exact) mass is 253 g/mol. The molecule has 0 aromatic heterocycles. The second kappa shape index (κ2) is 4.88. The van der Waals surface area contributed by atoms with Crippen molar-refractivity contribution in [3.63, 3.8) is 0 Å². The van der Waals surface area contributed by atoms with E-state index in [0.29, 0.717) is 5.69 Å². The van der Waals surface area contributed by atoms with Crippen LogP contribution in [0.5, 0.6) is 11.5 Å². The highest BCUT2D eigenvalue weighted by Gasteiger charge is 2.24. The quantitative estimate of drug-likeness (QED) is 0.587. The number of amides is 1. The average Bonchev–Trinajstić information content (AvgIpc) is 2.34. The molecule has 8 heteroatoms. The van der Waals surface area contributed by atoms with Crippen molar-refractivity contribution in [2.75, 3.05) is 25.1 Å². The van der Waals surface area contributed by atoms with Crippen molar-refractivity contribution in [1.82, 2.24) is 0 Å². The number of carbonyl (C=O) groups excluding carboxylic acids is 1. The van der Waals surface area contributed by atoms with Gasteiger partial charge in [-0.15, -0.1) is 0 Å². The molecule has 0 spiro atoms. The van der Waals surface area contributed by atoms with Gasteiger partial charge in [-0.2, -0.15) is 0 Å². The van der Waals surface area contributed by atoms with Gasteiger partial charge >= 0.3 is 5.69 Å². The van der Waals surface area contributed by atoms with E-state index < -0.39 is 4.92 Å². The number of nitrogens with one attached hydrogen (secondary N) is 1. The van der Waals surface area contributed by atoms with Gasteiger partial charge in [0.15, 0.2) is 18.1 Å². The number of anilines is 1. The number of fused-ring (bicyclic) bond motifs is 1. The number of hydrogen-bond acceptors (Lipinski definition) is 6. The van der Waals surface area contributed by atoms with Crippen molar-refractivity contribution in [3.05, 3.63) is 22.2 Å². The van der Waals surface area contributed by atoms with E-state index in [2.05, 4.69) is 5.32 Å².